The topological polar surface area (TPSA) is 57.1 Å². The zero-order valence-electron chi connectivity index (χ0n) is 18.1. The van der Waals surface area contributed by atoms with Crippen LogP contribution in [0.25, 0.3) is 33.6 Å². The summed E-state index contributed by atoms with van der Waals surface area (Å²) >= 11 is 5.79. The molecule has 0 spiro atoms. The van der Waals surface area contributed by atoms with E-state index in [-0.39, 0.29) is 15.9 Å². The maximum Gasteiger partial charge on any atom is 0.274 e. The number of aromatic nitrogens is 2. The zero-order valence-corrected chi connectivity index (χ0v) is 18.9. The van der Waals surface area contributed by atoms with E-state index in [9.17, 15) is 9.59 Å². The molecule has 0 saturated heterocycles. The van der Waals surface area contributed by atoms with Gasteiger partial charge in [0, 0.05) is 0 Å². The molecule has 0 aliphatic heterocycles. The van der Waals surface area contributed by atoms with Crippen molar-refractivity contribution in [3.05, 3.63) is 122 Å². The molecule has 5 aromatic rings. The molecule has 162 valence electrons. The fourth-order valence-electron chi connectivity index (χ4n) is 4.00. The second-order valence-electron chi connectivity index (χ2n) is 7.96. The van der Waals surface area contributed by atoms with E-state index in [0.717, 1.165) is 11.1 Å². The highest BCUT2D eigenvalue weighted by molar-refractivity contribution is 7.71. The van der Waals surface area contributed by atoms with Crippen molar-refractivity contribution >= 4 is 23.3 Å². The van der Waals surface area contributed by atoms with Gasteiger partial charge in [-0.1, -0.05) is 54.6 Å². The zero-order chi connectivity index (χ0) is 23.1. The lowest BCUT2D eigenvalue weighted by Gasteiger charge is -2.16. The fraction of sp³-hybridized carbons (Fsp3) is 0.0741. The Bertz CT molecular complexity index is 1700. The normalized spacial score (nSPS) is 11.1. The van der Waals surface area contributed by atoms with Crippen LogP contribution in [0.5, 0.6) is 0 Å². The lowest BCUT2D eigenvalue weighted by Crippen LogP contribution is -2.28. The van der Waals surface area contributed by atoms with Crippen molar-refractivity contribution in [3.63, 3.8) is 0 Å². The fourth-order valence-corrected chi connectivity index (χ4v) is 4.38. The molecule has 3 aromatic carbocycles. The van der Waals surface area contributed by atoms with Crippen molar-refractivity contribution in [2.45, 2.75) is 13.8 Å². The van der Waals surface area contributed by atoms with E-state index in [1.807, 2.05) is 86.6 Å². The second kappa shape index (κ2) is 8.15. The predicted octanol–water partition coefficient (Wildman–Crippen LogP) is 5.75. The average Bonchev–Trinajstić information content (AvgIpc) is 2.80. The van der Waals surface area contributed by atoms with E-state index < -0.39 is 11.0 Å². The minimum Gasteiger partial charge on any atom is -0.446 e. The second-order valence-corrected chi connectivity index (χ2v) is 8.33. The third-order valence-electron chi connectivity index (χ3n) is 5.58. The molecular weight excluding hydrogens is 432 g/mol. The van der Waals surface area contributed by atoms with Gasteiger partial charge in [0.1, 0.15) is 11.6 Å². The summed E-state index contributed by atoms with van der Waals surface area (Å²) in [6, 6.07) is 24.3. The third-order valence-corrected chi connectivity index (χ3v) is 5.95. The minimum atomic E-state index is -0.504. The molecule has 5 rings (SSSR count). The van der Waals surface area contributed by atoms with E-state index in [4.69, 9.17) is 16.6 Å². The molecule has 0 N–H and O–H groups in total. The van der Waals surface area contributed by atoms with Gasteiger partial charge in [-0.15, -0.1) is 0 Å². The number of rotatable bonds is 3. The molecule has 2 aromatic heterocycles. The van der Waals surface area contributed by atoms with Gasteiger partial charge in [0.2, 0.25) is 11.1 Å². The predicted molar refractivity (Wildman–Crippen MR) is 133 cm³/mol. The Morgan fingerprint density at radius 1 is 0.758 bits per heavy atom. The minimum absolute atomic E-state index is 0.0482. The Hall–Kier alpha value is -4.03. The molecule has 33 heavy (non-hydrogen) atoms. The van der Waals surface area contributed by atoms with E-state index in [0.29, 0.717) is 22.5 Å². The van der Waals surface area contributed by atoms with Gasteiger partial charge < -0.3 is 4.42 Å². The van der Waals surface area contributed by atoms with Crippen LogP contribution >= 0.6 is 12.2 Å². The molecule has 0 saturated carbocycles. The van der Waals surface area contributed by atoms with Crippen molar-refractivity contribution < 1.29 is 4.42 Å². The standard InChI is InChI=1S/C27H20N2O3S/c1-17-8-6-12-20(14-17)28-25(31)23-24(30)22(19-10-4-3-5-11-19)16-32-26(23)29(27(28)33)21-13-7-9-18(2)15-21/h3-16H,1-2H3. The largest absolute Gasteiger partial charge is 0.446 e. The van der Waals surface area contributed by atoms with Crippen molar-refractivity contribution in [1.82, 2.24) is 9.13 Å². The van der Waals surface area contributed by atoms with Crippen LogP contribution in [-0.2, 0) is 0 Å². The highest BCUT2D eigenvalue weighted by atomic mass is 32.1. The highest BCUT2D eigenvalue weighted by Crippen LogP contribution is 2.23. The summed E-state index contributed by atoms with van der Waals surface area (Å²) in [6.45, 7) is 3.91. The Kier molecular flexibility index (Phi) is 5.15. The molecule has 5 nitrogen and oxygen atoms in total. The first-order chi connectivity index (χ1) is 16.0. The van der Waals surface area contributed by atoms with Gasteiger partial charge in [-0.2, -0.15) is 0 Å². The summed E-state index contributed by atoms with van der Waals surface area (Å²) in [5.74, 6) is 0. The molecule has 0 aliphatic rings. The molecule has 0 atom stereocenters. The Labute approximate surface area is 194 Å². The van der Waals surface area contributed by atoms with Crippen LogP contribution < -0.4 is 11.0 Å². The number of aryl methyl sites for hydroxylation is 2. The first kappa shape index (κ1) is 20.8. The SMILES string of the molecule is Cc1cccc(-n2c(=O)c3c(=O)c(-c4ccccc4)coc3n(-c3cccc(C)c3)c2=S)c1. The summed E-state index contributed by atoms with van der Waals surface area (Å²) in [4.78, 5) is 27.4. The summed E-state index contributed by atoms with van der Waals surface area (Å²) in [6.07, 6.45) is 1.40. The van der Waals surface area contributed by atoms with Gasteiger partial charge in [0.05, 0.1) is 16.9 Å². The van der Waals surface area contributed by atoms with Crippen LogP contribution in [0.3, 0.4) is 0 Å². The van der Waals surface area contributed by atoms with Crippen LogP contribution in [0.15, 0.2) is 99.1 Å². The number of hydrogen-bond acceptors (Lipinski definition) is 4. The summed E-state index contributed by atoms with van der Waals surface area (Å²) < 4.78 is 9.24. The van der Waals surface area contributed by atoms with Crippen molar-refractivity contribution in [2.24, 2.45) is 0 Å². The molecule has 0 amide bonds. The monoisotopic (exact) mass is 452 g/mol. The number of benzene rings is 3. The summed E-state index contributed by atoms with van der Waals surface area (Å²) in [5, 5.41) is -0.0482. The highest BCUT2D eigenvalue weighted by Gasteiger charge is 2.20. The van der Waals surface area contributed by atoms with E-state index in [1.54, 1.807) is 10.6 Å². The van der Waals surface area contributed by atoms with Gasteiger partial charge in [-0.05, 0) is 67.0 Å². The van der Waals surface area contributed by atoms with Crippen molar-refractivity contribution in [3.8, 4) is 22.5 Å². The van der Waals surface area contributed by atoms with Crippen molar-refractivity contribution in [2.75, 3.05) is 0 Å². The van der Waals surface area contributed by atoms with Crippen molar-refractivity contribution in [1.29, 1.82) is 0 Å². The molecule has 0 aliphatic carbocycles. The molecule has 2 heterocycles. The lowest BCUT2D eigenvalue weighted by atomic mass is 10.1. The first-order valence-electron chi connectivity index (χ1n) is 10.5. The first-order valence-corrected chi connectivity index (χ1v) is 10.9. The number of hydrogen-bond donors (Lipinski definition) is 0. The van der Waals surface area contributed by atoms with Gasteiger partial charge in [0.25, 0.3) is 5.56 Å². The Morgan fingerprint density at radius 3 is 1.97 bits per heavy atom. The molecule has 0 bridgehead atoms. The number of fused-ring (bicyclic) bond motifs is 1. The van der Waals surface area contributed by atoms with Gasteiger partial charge >= 0.3 is 0 Å². The summed E-state index contributed by atoms with van der Waals surface area (Å²) in [5.41, 5.74) is 3.52. The van der Waals surface area contributed by atoms with Crippen LogP contribution in [0, 0.1) is 18.6 Å². The van der Waals surface area contributed by atoms with Gasteiger partial charge in [0.15, 0.2) is 4.77 Å². The Balaban J connectivity index is 1.98. The van der Waals surface area contributed by atoms with Crippen LogP contribution in [-0.4, -0.2) is 9.13 Å². The number of nitrogens with zero attached hydrogens (tertiary/aromatic N) is 2. The van der Waals surface area contributed by atoms with Gasteiger partial charge in [-0.25, -0.2) is 0 Å². The molecule has 0 fully saturated rings. The van der Waals surface area contributed by atoms with Crippen LogP contribution in [0.4, 0.5) is 0 Å². The molecule has 0 unspecified atom stereocenters. The van der Waals surface area contributed by atoms with Gasteiger partial charge in [-0.3, -0.25) is 18.7 Å². The quantitative estimate of drug-likeness (QED) is 0.327. The lowest BCUT2D eigenvalue weighted by molar-refractivity contribution is 0.573. The van der Waals surface area contributed by atoms with E-state index >= 15 is 0 Å². The average molecular weight is 453 g/mol. The maximum atomic E-state index is 13.7. The smallest absolute Gasteiger partial charge is 0.274 e. The van der Waals surface area contributed by atoms with Crippen LogP contribution in [0.2, 0.25) is 0 Å². The van der Waals surface area contributed by atoms with Crippen LogP contribution in [0.1, 0.15) is 11.1 Å². The molecular formula is C27H20N2O3S. The Morgan fingerprint density at radius 2 is 1.36 bits per heavy atom. The third kappa shape index (κ3) is 3.54. The molecule has 0 radical (unpaired) electrons. The van der Waals surface area contributed by atoms with E-state index in [1.165, 1.54) is 10.8 Å². The maximum absolute atomic E-state index is 13.7. The summed E-state index contributed by atoms with van der Waals surface area (Å²) in [7, 11) is 0. The molecule has 6 heteroatoms. The van der Waals surface area contributed by atoms with E-state index in [2.05, 4.69) is 0 Å².